The third-order valence-electron chi connectivity index (χ3n) is 2.94. The number of hydrogen-bond acceptors (Lipinski definition) is 1. The normalized spacial score (nSPS) is 10.5. The summed E-state index contributed by atoms with van der Waals surface area (Å²) in [7, 11) is 4.18. The van der Waals surface area contributed by atoms with Crippen LogP contribution in [0.3, 0.4) is 0 Å². The molecule has 0 N–H and O–H groups in total. The topological polar surface area (TPSA) is 7.12 Å². The molecule has 1 heterocycles. The van der Waals surface area contributed by atoms with E-state index in [9.17, 15) is 0 Å². The zero-order valence-electron chi connectivity index (χ0n) is 11.2. The third kappa shape index (κ3) is 3.84. The van der Waals surface area contributed by atoms with Gasteiger partial charge in [-0.2, -0.15) is 0 Å². The van der Waals surface area contributed by atoms with Crippen LogP contribution in [0.25, 0.3) is 0 Å². The summed E-state index contributed by atoms with van der Waals surface area (Å²) in [6.45, 7) is 5.58. The Morgan fingerprint density at radius 3 is 2.50 bits per heavy atom. The lowest BCUT2D eigenvalue weighted by Crippen LogP contribution is -2.33. The van der Waals surface area contributed by atoms with E-state index in [1.807, 2.05) is 0 Å². The first-order chi connectivity index (χ1) is 7.65. The predicted octanol–water partition coefficient (Wildman–Crippen LogP) is 2.93. The Labute approximate surface area is 99.9 Å². The van der Waals surface area contributed by atoms with Crippen molar-refractivity contribution in [2.45, 2.75) is 46.1 Å². The fraction of sp³-hybridized carbons (Fsp3) is 0.643. The quantitative estimate of drug-likeness (QED) is 0.529. The Hall–Kier alpha value is -1.05. The van der Waals surface area contributed by atoms with Crippen molar-refractivity contribution >= 4 is 5.69 Å². The van der Waals surface area contributed by atoms with E-state index in [4.69, 9.17) is 0 Å². The molecule has 16 heavy (non-hydrogen) atoms. The van der Waals surface area contributed by atoms with Gasteiger partial charge in [0.05, 0.1) is 5.69 Å². The molecule has 0 fully saturated rings. The summed E-state index contributed by atoms with van der Waals surface area (Å²) in [6.07, 6.45) is 9.74. The maximum Gasteiger partial charge on any atom is 0.173 e. The lowest BCUT2D eigenvalue weighted by molar-refractivity contribution is -0.697. The largest absolute Gasteiger partial charge is 0.377 e. The van der Waals surface area contributed by atoms with Crippen LogP contribution in [0.15, 0.2) is 18.5 Å². The van der Waals surface area contributed by atoms with E-state index in [1.54, 1.807) is 0 Å². The average molecular weight is 221 g/mol. The molecule has 0 unspecified atom stereocenters. The fourth-order valence-corrected chi connectivity index (χ4v) is 2.02. The van der Waals surface area contributed by atoms with Crippen molar-refractivity contribution < 1.29 is 4.57 Å². The van der Waals surface area contributed by atoms with Crippen LogP contribution in [0.5, 0.6) is 0 Å². The molecular formula is C14H25N2+. The zero-order valence-corrected chi connectivity index (χ0v) is 11.2. The van der Waals surface area contributed by atoms with Crippen molar-refractivity contribution in [3.05, 3.63) is 24.0 Å². The Kier molecular flexibility index (Phi) is 5.30. The van der Waals surface area contributed by atoms with Gasteiger partial charge >= 0.3 is 0 Å². The van der Waals surface area contributed by atoms with Gasteiger partial charge in [-0.1, -0.05) is 19.8 Å². The molecule has 0 radical (unpaired) electrons. The number of nitrogens with zero attached hydrogens (tertiary/aromatic N) is 2. The number of unbranched alkanes of at least 4 members (excludes halogenated alkanes) is 3. The molecule has 2 heteroatoms. The van der Waals surface area contributed by atoms with E-state index < -0.39 is 0 Å². The highest BCUT2D eigenvalue weighted by molar-refractivity contribution is 5.48. The van der Waals surface area contributed by atoms with Crippen LogP contribution < -0.4 is 9.47 Å². The fourth-order valence-electron chi connectivity index (χ4n) is 2.02. The van der Waals surface area contributed by atoms with Gasteiger partial charge in [-0.25, -0.2) is 4.57 Å². The molecule has 0 bridgehead atoms. The summed E-state index contributed by atoms with van der Waals surface area (Å²) in [6, 6.07) is 2.20. The molecule has 0 saturated heterocycles. The van der Waals surface area contributed by atoms with Crippen LogP contribution in [0.2, 0.25) is 0 Å². The minimum absolute atomic E-state index is 1.15. The van der Waals surface area contributed by atoms with Gasteiger partial charge in [0, 0.05) is 32.1 Å². The first-order valence-corrected chi connectivity index (χ1v) is 6.32. The average Bonchev–Trinajstić information content (AvgIpc) is 2.24. The van der Waals surface area contributed by atoms with Crippen molar-refractivity contribution in [2.24, 2.45) is 0 Å². The monoisotopic (exact) mass is 221 g/mol. The molecule has 0 aliphatic carbocycles. The Bertz CT molecular complexity index is 319. The summed E-state index contributed by atoms with van der Waals surface area (Å²) in [5.74, 6) is 0. The lowest BCUT2D eigenvalue weighted by Gasteiger charge is -2.13. The number of pyridine rings is 1. The lowest BCUT2D eigenvalue weighted by atomic mass is 10.2. The molecule has 2 nitrogen and oxygen atoms in total. The number of anilines is 1. The maximum absolute atomic E-state index is 2.30. The molecule has 0 aromatic carbocycles. The molecule has 1 aromatic rings. The molecule has 0 spiro atoms. The highest BCUT2D eigenvalue weighted by Crippen LogP contribution is 2.13. The molecule has 1 rings (SSSR count). The van der Waals surface area contributed by atoms with Crippen LogP contribution in [0.4, 0.5) is 5.69 Å². The summed E-state index contributed by atoms with van der Waals surface area (Å²) < 4.78 is 2.30. The molecule has 90 valence electrons. The minimum Gasteiger partial charge on any atom is -0.377 e. The Morgan fingerprint density at radius 2 is 1.94 bits per heavy atom. The van der Waals surface area contributed by atoms with Gasteiger partial charge in [-0.05, 0) is 13.3 Å². The van der Waals surface area contributed by atoms with E-state index in [-0.39, 0.29) is 0 Å². The molecule has 0 atom stereocenters. The smallest absolute Gasteiger partial charge is 0.173 e. The van der Waals surface area contributed by atoms with E-state index in [1.165, 1.54) is 36.9 Å². The van der Waals surface area contributed by atoms with Gasteiger partial charge in [-0.15, -0.1) is 0 Å². The standard InChI is InChI=1S/C14H25N2/c1-5-6-7-8-10-16-11-9-14(15(3)4)13(2)12-16/h9,11-12H,5-8,10H2,1-4H3/q+1. The molecule has 0 aliphatic heterocycles. The van der Waals surface area contributed by atoms with Crippen molar-refractivity contribution in [3.63, 3.8) is 0 Å². The molecule has 0 aliphatic rings. The third-order valence-corrected chi connectivity index (χ3v) is 2.94. The van der Waals surface area contributed by atoms with Gasteiger partial charge in [0.15, 0.2) is 12.4 Å². The maximum atomic E-state index is 2.30. The summed E-state index contributed by atoms with van der Waals surface area (Å²) in [5.41, 5.74) is 2.66. The second kappa shape index (κ2) is 6.51. The van der Waals surface area contributed by atoms with E-state index in [0.717, 1.165) is 6.54 Å². The van der Waals surface area contributed by atoms with Crippen molar-refractivity contribution in [3.8, 4) is 0 Å². The van der Waals surface area contributed by atoms with Gasteiger partial charge in [-0.3, -0.25) is 0 Å². The van der Waals surface area contributed by atoms with Crippen LogP contribution in [-0.4, -0.2) is 14.1 Å². The Morgan fingerprint density at radius 1 is 1.19 bits per heavy atom. The minimum atomic E-state index is 1.15. The van der Waals surface area contributed by atoms with Gasteiger partial charge in [0.2, 0.25) is 0 Å². The van der Waals surface area contributed by atoms with Gasteiger partial charge in [0.1, 0.15) is 6.54 Å². The second-order valence-corrected chi connectivity index (χ2v) is 4.71. The summed E-state index contributed by atoms with van der Waals surface area (Å²) in [4.78, 5) is 2.16. The van der Waals surface area contributed by atoms with Crippen LogP contribution in [-0.2, 0) is 6.54 Å². The van der Waals surface area contributed by atoms with Crippen LogP contribution in [0, 0.1) is 6.92 Å². The van der Waals surface area contributed by atoms with Crippen LogP contribution >= 0.6 is 0 Å². The highest BCUT2D eigenvalue weighted by atomic mass is 15.1. The number of hydrogen-bond donors (Lipinski definition) is 0. The zero-order chi connectivity index (χ0) is 12.0. The van der Waals surface area contributed by atoms with E-state index in [0.29, 0.717) is 0 Å². The number of aryl methyl sites for hydroxylation is 2. The van der Waals surface area contributed by atoms with Gasteiger partial charge < -0.3 is 4.90 Å². The molecule has 1 aromatic heterocycles. The van der Waals surface area contributed by atoms with Crippen molar-refractivity contribution in [1.82, 2.24) is 0 Å². The summed E-state index contributed by atoms with van der Waals surface area (Å²) >= 11 is 0. The van der Waals surface area contributed by atoms with E-state index >= 15 is 0 Å². The summed E-state index contributed by atoms with van der Waals surface area (Å²) in [5, 5.41) is 0. The molecule has 0 saturated carbocycles. The van der Waals surface area contributed by atoms with Crippen molar-refractivity contribution in [1.29, 1.82) is 0 Å². The van der Waals surface area contributed by atoms with Crippen molar-refractivity contribution in [2.75, 3.05) is 19.0 Å². The number of rotatable bonds is 6. The highest BCUT2D eigenvalue weighted by Gasteiger charge is 2.06. The molecular weight excluding hydrogens is 196 g/mol. The first-order valence-electron chi connectivity index (χ1n) is 6.32. The van der Waals surface area contributed by atoms with Crippen LogP contribution in [0.1, 0.15) is 38.2 Å². The Balaban J connectivity index is 2.53. The second-order valence-electron chi connectivity index (χ2n) is 4.71. The van der Waals surface area contributed by atoms with Gasteiger partial charge in [0.25, 0.3) is 0 Å². The SMILES string of the molecule is CCCCCC[n+]1ccc(N(C)C)c(C)c1. The van der Waals surface area contributed by atoms with E-state index in [2.05, 4.69) is 55.9 Å². The predicted molar refractivity (Wildman–Crippen MR) is 69.8 cm³/mol. The first kappa shape index (κ1) is 13.0. The molecule has 0 amide bonds. The number of aromatic nitrogens is 1.